The number of anilines is 1. The van der Waals surface area contributed by atoms with E-state index in [4.69, 9.17) is 9.26 Å². The predicted molar refractivity (Wildman–Crippen MR) is 69.6 cm³/mol. The van der Waals surface area contributed by atoms with Crippen LogP contribution in [0.3, 0.4) is 0 Å². The Morgan fingerprint density at radius 3 is 2.47 bits per heavy atom. The predicted octanol–water partition coefficient (Wildman–Crippen LogP) is 3.08. The highest BCUT2D eigenvalue weighted by molar-refractivity contribution is 5.85. The molecular weight excluding hydrogens is 246 g/mol. The molecule has 1 heterocycles. The summed E-state index contributed by atoms with van der Waals surface area (Å²) < 4.78 is 10.1. The molecule has 100 valence electrons. The fourth-order valence-corrected chi connectivity index (χ4v) is 1.42. The first-order chi connectivity index (χ1) is 8.94. The molecule has 0 aliphatic heterocycles. The van der Waals surface area contributed by atoms with Gasteiger partial charge in [0.2, 0.25) is 0 Å². The van der Waals surface area contributed by atoms with Crippen LogP contribution in [0.4, 0.5) is 10.5 Å². The summed E-state index contributed by atoms with van der Waals surface area (Å²) in [6, 6.07) is 7.04. The fourth-order valence-electron chi connectivity index (χ4n) is 1.42. The summed E-state index contributed by atoms with van der Waals surface area (Å²) >= 11 is 0. The van der Waals surface area contributed by atoms with Crippen molar-refractivity contribution in [1.82, 2.24) is 10.1 Å². The van der Waals surface area contributed by atoms with E-state index in [9.17, 15) is 4.79 Å². The summed E-state index contributed by atoms with van der Waals surface area (Å²) in [5.74, 6) is 0.434. The summed E-state index contributed by atoms with van der Waals surface area (Å²) in [6.45, 7) is 5.43. The Morgan fingerprint density at radius 2 is 1.95 bits per heavy atom. The fraction of sp³-hybridized carbons (Fsp3) is 0.308. The van der Waals surface area contributed by atoms with E-state index in [2.05, 4.69) is 15.5 Å². The van der Waals surface area contributed by atoms with Crippen molar-refractivity contribution < 1.29 is 14.1 Å². The molecule has 2 rings (SSSR count). The number of hydrogen-bond acceptors (Lipinski definition) is 5. The molecule has 2 aromatic rings. The lowest BCUT2D eigenvalue weighted by Gasteiger charge is -2.19. The van der Waals surface area contributed by atoms with Crippen LogP contribution in [0.5, 0.6) is 0 Å². The van der Waals surface area contributed by atoms with Gasteiger partial charge in [0.1, 0.15) is 5.60 Å². The molecule has 19 heavy (non-hydrogen) atoms. The molecule has 0 saturated heterocycles. The topological polar surface area (TPSA) is 77.2 Å². The maximum Gasteiger partial charge on any atom is 0.412 e. The van der Waals surface area contributed by atoms with Gasteiger partial charge in [-0.25, -0.2) is 4.79 Å². The third-order valence-corrected chi connectivity index (χ3v) is 2.14. The van der Waals surface area contributed by atoms with Crippen LogP contribution in [-0.2, 0) is 4.74 Å². The zero-order valence-electron chi connectivity index (χ0n) is 11.0. The van der Waals surface area contributed by atoms with Crippen LogP contribution in [-0.4, -0.2) is 21.8 Å². The second-order valence-electron chi connectivity index (χ2n) is 4.95. The molecule has 0 aliphatic rings. The van der Waals surface area contributed by atoms with Crippen LogP contribution < -0.4 is 5.32 Å². The number of nitrogens with zero attached hydrogens (tertiary/aromatic N) is 2. The third kappa shape index (κ3) is 3.80. The molecule has 0 radical (unpaired) electrons. The van der Waals surface area contributed by atoms with E-state index in [-0.39, 0.29) is 0 Å². The van der Waals surface area contributed by atoms with Crippen molar-refractivity contribution in [2.75, 3.05) is 5.32 Å². The highest BCUT2D eigenvalue weighted by atomic mass is 16.6. The number of rotatable bonds is 2. The number of hydrogen-bond donors (Lipinski definition) is 1. The van der Waals surface area contributed by atoms with E-state index in [0.717, 1.165) is 5.56 Å². The monoisotopic (exact) mass is 261 g/mol. The Bertz CT molecular complexity index is 542. The standard InChI is InChI=1S/C13H15N3O3/c1-13(2,3)18-12(17)16-10-6-4-9(5-7-10)11-14-8-15-19-11/h4-8H,1-3H3,(H,16,17). The van der Waals surface area contributed by atoms with Crippen molar-refractivity contribution in [3.8, 4) is 11.5 Å². The van der Waals surface area contributed by atoms with Gasteiger partial charge in [0.15, 0.2) is 6.33 Å². The summed E-state index contributed by atoms with van der Waals surface area (Å²) in [4.78, 5) is 15.5. The van der Waals surface area contributed by atoms with Crippen LogP contribution in [0.2, 0.25) is 0 Å². The summed E-state index contributed by atoms with van der Waals surface area (Å²) in [5.41, 5.74) is 0.901. The molecule has 1 aromatic carbocycles. The Balaban J connectivity index is 2.01. The molecule has 0 spiro atoms. The molecule has 6 nitrogen and oxygen atoms in total. The third-order valence-electron chi connectivity index (χ3n) is 2.14. The number of ether oxygens (including phenoxy) is 1. The zero-order valence-corrected chi connectivity index (χ0v) is 11.0. The van der Waals surface area contributed by atoms with Gasteiger partial charge in [-0.3, -0.25) is 5.32 Å². The van der Waals surface area contributed by atoms with Gasteiger partial charge in [-0.15, -0.1) is 0 Å². The van der Waals surface area contributed by atoms with Crippen molar-refractivity contribution in [3.63, 3.8) is 0 Å². The van der Waals surface area contributed by atoms with E-state index >= 15 is 0 Å². The number of nitrogens with one attached hydrogen (secondary N) is 1. The Labute approximate surface area is 110 Å². The molecule has 1 aromatic heterocycles. The number of carbonyl (C=O) groups excluding carboxylic acids is 1. The normalized spacial score (nSPS) is 11.1. The van der Waals surface area contributed by atoms with Crippen LogP contribution in [0, 0.1) is 0 Å². The van der Waals surface area contributed by atoms with Crippen molar-refractivity contribution in [2.45, 2.75) is 26.4 Å². The maximum atomic E-state index is 11.6. The Hall–Kier alpha value is -2.37. The largest absolute Gasteiger partial charge is 0.444 e. The average Bonchev–Trinajstić information content (AvgIpc) is 2.80. The summed E-state index contributed by atoms with van der Waals surface area (Å²) in [7, 11) is 0. The molecule has 0 unspecified atom stereocenters. The lowest BCUT2D eigenvalue weighted by atomic mass is 10.2. The van der Waals surface area contributed by atoms with E-state index in [0.29, 0.717) is 11.6 Å². The van der Waals surface area contributed by atoms with Gasteiger partial charge in [-0.2, -0.15) is 4.98 Å². The number of benzene rings is 1. The van der Waals surface area contributed by atoms with Crippen molar-refractivity contribution in [1.29, 1.82) is 0 Å². The quantitative estimate of drug-likeness (QED) is 0.898. The lowest BCUT2D eigenvalue weighted by molar-refractivity contribution is 0.0636. The first kappa shape index (κ1) is 13.1. The Morgan fingerprint density at radius 1 is 1.26 bits per heavy atom. The van der Waals surface area contributed by atoms with Gasteiger partial charge in [0, 0.05) is 11.3 Å². The first-order valence-corrected chi connectivity index (χ1v) is 5.81. The smallest absolute Gasteiger partial charge is 0.412 e. The molecule has 0 bridgehead atoms. The van der Waals surface area contributed by atoms with Crippen LogP contribution in [0.15, 0.2) is 35.1 Å². The van der Waals surface area contributed by atoms with Crippen molar-refractivity contribution in [2.24, 2.45) is 0 Å². The van der Waals surface area contributed by atoms with Gasteiger partial charge in [-0.1, -0.05) is 5.16 Å². The number of carbonyl (C=O) groups is 1. The second-order valence-corrected chi connectivity index (χ2v) is 4.95. The minimum absolute atomic E-state index is 0.434. The number of aromatic nitrogens is 2. The SMILES string of the molecule is CC(C)(C)OC(=O)Nc1ccc(-c2ncno2)cc1. The number of amides is 1. The molecule has 0 atom stereocenters. The zero-order chi connectivity index (χ0) is 13.9. The van der Waals surface area contributed by atoms with Gasteiger partial charge in [0.05, 0.1) is 0 Å². The van der Waals surface area contributed by atoms with Crippen LogP contribution >= 0.6 is 0 Å². The minimum Gasteiger partial charge on any atom is -0.444 e. The summed E-state index contributed by atoms with van der Waals surface area (Å²) in [6.07, 6.45) is 0.848. The highest BCUT2D eigenvalue weighted by Gasteiger charge is 2.16. The molecule has 0 aliphatic carbocycles. The molecule has 1 N–H and O–H groups in total. The highest BCUT2D eigenvalue weighted by Crippen LogP contribution is 2.19. The minimum atomic E-state index is -0.520. The van der Waals surface area contributed by atoms with E-state index in [1.54, 1.807) is 24.3 Å². The van der Waals surface area contributed by atoms with Crippen molar-refractivity contribution >= 4 is 11.8 Å². The van der Waals surface area contributed by atoms with E-state index in [1.807, 2.05) is 20.8 Å². The Kier molecular flexibility index (Phi) is 3.50. The molecular formula is C13H15N3O3. The van der Waals surface area contributed by atoms with E-state index < -0.39 is 11.7 Å². The van der Waals surface area contributed by atoms with E-state index in [1.165, 1.54) is 6.33 Å². The molecule has 0 fully saturated rings. The van der Waals surface area contributed by atoms with Gasteiger partial charge < -0.3 is 9.26 Å². The second kappa shape index (κ2) is 5.09. The average molecular weight is 261 g/mol. The maximum absolute atomic E-state index is 11.6. The van der Waals surface area contributed by atoms with Gasteiger partial charge in [-0.05, 0) is 45.0 Å². The molecule has 1 amide bonds. The molecule has 0 saturated carbocycles. The van der Waals surface area contributed by atoms with Crippen molar-refractivity contribution in [3.05, 3.63) is 30.6 Å². The summed E-state index contributed by atoms with van der Waals surface area (Å²) in [5, 5.41) is 6.18. The lowest BCUT2D eigenvalue weighted by Crippen LogP contribution is -2.27. The van der Waals surface area contributed by atoms with Crippen LogP contribution in [0.25, 0.3) is 11.5 Å². The first-order valence-electron chi connectivity index (χ1n) is 5.81. The van der Waals surface area contributed by atoms with Gasteiger partial charge in [0.25, 0.3) is 5.89 Å². The van der Waals surface area contributed by atoms with Crippen LogP contribution in [0.1, 0.15) is 20.8 Å². The van der Waals surface area contributed by atoms with Gasteiger partial charge >= 0.3 is 6.09 Å². The molecule has 6 heteroatoms.